The first-order valence-electron chi connectivity index (χ1n) is 4.74. The second kappa shape index (κ2) is 8.36. The highest BCUT2D eigenvalue weighted by Crippen LogP contribution is 2.27. The number of unbranched alkanes of at least 4 members (excludes halogenated alkanes) is 5. The van der Waals surface area contributed by atoms with Gasteiger partial charge in [-0.2, -0.15) is 0 Å². The van der Waals surface area contributed by atoms with E-state index >= 15 is 0 Å². The number of rotatable bonds is 8. The topological polar surface area (TPSA) is 20.2 Å². The SMILES string of the molecule is OCCCCCCCC[Si](Cl)(Cl)Cl. The Hall–Kier alpha value is 1.05. The van der Waals surface area contributed by atoms with Crippen LogP contribution < -0.4 is 0 Å². The summed E-state index contributed by atoms with van der Waals surface area (Å²) in [4.78, 5) is 0. The molecule has 0 unspecified atom stereocenters. The zero-order valence-electron chi connectivity index (χ0n) is 7.74. The van der Waals surface area contributed by atoms with Crippen molar-refractivity contribution in [3.05, 3.63) is 0 Å². The highest BCUT2D eigenvalue weighted by atomic mass is 35.8. The first-order valence-corrected chi connectivity index (χ1v) is 9.98. The van der Waals surface area contributed by atoms with Crippen LogP contribution in [0.1, 0.15) is 38.5 Å². The van der Waals surface area contributed by atoms with E-state index in [0.29, 0.717) is 6.61 Å². The molecule has 0 aliphatic heterocycles. The molecule has 80 valence electrons. The van der Waals surface area contributed by atoms with Crippen LogP contribution in [0.4, 0.5) is 0 Å². The first-order chi connectivity index (χ1) is 6.06. The molecule has 0 spiro atoms. The van der Waals surface area contributed by atoms with Crippen LogP contribution in [-0.4, -0.2) is 17.7 Å². The van der Waals surface area contributed by atoms with Crippen molar-refractivity contribution in [3.8, 4) is 0 Å². The molecule has 0 saturated carbocycles. The van der Waals surface area contributed by atoms with Crippen LogP contribution in [0.25, 0.3) is 0 Å². The fourth-order valence-electron chi connectivity index (χ4n) is 1.14. The monoisotopic (exact) mass is 262 g/mol. The van der Waals surface area contributed by atoms with Gasteiger partial charge in [0.1, 0.15) is 0 Å². The van der Waals surface area contributed by atoms with Crippen LogP contribution in [0.5, 0.6) is 0 Å². The van der Waals surface area contributed by atoms with Crippen molar-refractivity contribution in [2.75, 3.05) is 6.61 Å². The molecule has 0 aliphatic carbocycles. The Bertz CT molecular complexity index is 116. The lowest BCUT2D eigenvalue weighted by Crippen LogP contribution is -2.07. The number of aliphatic hydroxyl groups is 1. The maximum absolute atomic E-state index is 8.53. The fraction of sp³-hybridized carbons (Fsp3) is 1.00. The third kappa shape index (κ3) is 13.0. The van der Waals surface area contributed by atoms with Crippen LogP contribution in [-0.2, 0) is 0 Å². The largest absolute Gasteiger partial charge is 0.396 e. The van der Waals surface area contributed by atoms with Crippen molar-refractivity contribution in [2.45, 2.75) is 44.6 Å². The van der Waals surface area contributed by atoms with Crippen LogP contribution in [0, 0.1) is 0 Å². The molecule has 5 heteroatoms. The maximum Gasteiger partial charge on any atom is 0.341 e. The predicted octanol–water partition coefficient (Wildman–Crippen LogP) is 3.97. The summed E-state index contributed by atoms with van der Waals surface area (Å²) in [6.07, 6.45) is 6.58. The Kier molecular flexibility index (Phi) is 9.04. The summed E-state index contributed by atoms with van der Waals surface area (Å²) >= 11 is 17.2. The molecule has 0 amide bonds. The molecule has 0 bridgehead atoms. The van der Waals surface area contributed by atoms with E-state index < -0.39 is 6.00 Å². The molecule has 0 aromatic heterocycles. The third-order valence-electron chi connectivity index (χ3n) is 1.87. The van der Waals surface area contributed by atoms with Crippen LogP contribution >= 0.6 is 33.2 Å². The zero-order valence-corrected chi connectivity index (χ0v) is 11.0. The molecule has 1 nitrogen and oxygen atoms in total. The molecule has 0 radical (unpaired) electrons. The minimum atomic E-state index is -2.36. The second-order valence-electron chi connectivity index (χ2n) is 3.21. The smallest absolute Gasteiger partial charge is 0.341 e. The average Bonchev–Trinajstić information content (AvgIpc) is 2.01. The van der Waals surface area contributed by atoms with Crippen molar-refractivity contribution in [3.63, 3.8) is 0 Å². The molecule has 0 aromatic carbocycles. The summed E-state index contributed by atoms with van der Waals surface area (Å²) in [5.41, 5.74) is 0. The van der Waals surface area contributed by atoms with Gasteiger partial charge >= 0.3 is 6.00 Å². The maximum atomic E-state index is 8.53. The highest BCUT2D eigenvalue weighted by Gasteiger charge is 2.23. The van der Waals surface area contributed by atoms with Gasteiger partial charge in [0.25, 0.3) is 0 Å². The van der Waals surface area contributed by atoms with Crippen molar-refractivity contribution in [2.24, 2.45) is 0 Å². The lowest BCUT2D eigenvalue weighted by Gasteiger charge is -2.06. The number of aliphatic hydroxyl groups excluding tert-OH is 1. The van der Waals surface area contributed by atoms with E-state index in [4.69, 9.17) is 38.3 Å². The van der Waals surface area contributed by atoms with Crippen LogP contribution in [0.2, 0.25) is 6.04 Å². The van der Waals surface area contributed by atoms with Gasteiger partial charge in [-0.15, -0.1) is 33.2 Å². The first kappa shape index (κ1) is 14.0. The zero-order chi connectivity index (χ0) is 10.2. The van der Waals surface area contributed by atoms with Crippen molar-refractivity contribution in [1.29, 1.82) is 0 Å². The van der Waals surface area contributed by atoms with Crippen molar-refractivity contribution >= 4 is 39.2 Å². The molecule has 0 aliphatic rings. The van der Waals surface area contributed by atoms with E-state index in [0.717, 1.165) is 31.7 Å². The third-order valence-corrected chi connectivity index (χ3v) is 4.49. The van der Waals surface area contributed by atoms with Gasteiger partial charge in [-0.1, -0.05) is 32.1 Å². The highest BCUT2D eigenvalue weighted by molar-refractivity contribution is 7.64. The van der Waals surface area contributed by atoms with Gasteiger partial charge < -0.3 is 5.11 Å². The van der Waals surface area contributed by atoms with E-state index in [9.17, 15) is 0 Å². The fourth-order valence-corrected chi connectivity index (χ4v) is 3.00. The summed E-state index contributed by atoms with van der Waals surface area (Å²) in [5, 5.41) is 8.53. The van der Waals surface area contributed by atoms with Gasteiger partial charge in [-0.3, -0.25) is 0 Å². The Morgan fingerprint density at radius 2 is 1.23 bits per heavy atom. The standard InChI is InChI=1S/C8H17Cl3OSi/c9-13(10,11)8-6-4-2-1-3-5-7-12/h12H,1-8H2. The lowest BCUT2D eigenvalue weighted by molar-refractivity contribution is 0.282. The van der Waals surface area contributed by atoms with Gasteiger partial charge in [0, 0.05) is 6.61 Å². The average molecular weight is 264 g/mol. The van der Waals surface area contributed by atoms with E-state index in [1.165, 1.54) is 12.8 Å². The van der Waals surface area contributed by atoms with Gasteiger partial charge in [0.15, 0.2) is 0 Å². The van der Waals surface area contributed by atoms with Crippen molar-refractivity contribution < 1.29 is 5.11 Å². The van der Waals surface area contributed by atoms with Crippen LogP contribution in [0.15, 0.2) is 0 Å². The number of hydrogen-bond donors (Lipinski definition) is 1. The summed E-state index contributed by atoms with van der Waals surface area (Å²) in [6, 6.07) is -1.58. The number of halogens is 3. The normalized spacial score (nSPS) is 12.0. The van der Waals surface area contributed by atoms with Gasteiger partial charge in [0.05, 0.1) is 0 Å². The Morgan fingerprint density at radius 1 is 0.769 bits per heavy atom. The molecule has 0 atom stereocenters. The lowest BCUT2D eigenvalue weighted by atomic mass is 10.1. The quantitative estimate of drug-likeness (QED) is 0.399. The van der Waals surface area contributed by atoms with E-state index in [1.807, 2.05) is 0 Å². The molecule has 0 fully saturated rings. The van der Waals surface area contributed by atoms with Crippen LogP contribution in [0.3, 0.4) is 0 Å². The molecule has 0 rings (SSSR count). The van der Waals surface area contributed by atoms with E-state index in [-0.39, 0.29) is 0 Å². The molecule has 13 heavy (non-hydrogen) atoms. The van der Waals surface area contributed by atoms with Gasteiger partial charge in [0.2, 0.25) is 0 Å². The molecule has 0 aromatic rings. The second-order valence-corrected chi connectivity index (χ2v) is 12.5. The Morgan fingerprint density at radius 3 is 1.69 bits per heavy atom. The summed E-state index contributed by atoms with van der Waals surface area (Å²) in [5.74, 6) is 0. The van der Waals surface area contributed by atoms with Crippen molar-refractivity contribution in [1.82, 2.24) is 0 Å². The summed E-state index contributed by atoms with van der Waals surface area (Å²) in [7, 11) is 0. The summed E-state index contributed by atoms with van der Waals surface area (Å²) in [6.45, 7) is 0.307. The minimum absolute atomic E-state index is 0.307. The molecule has 0 saturated heterocycles. The molecule has 1 N–H and O–H groups in total. The molecule has 0 heterocycles. The van der Waals surface area contributed by atoms with E-state index in [1.54, 1.807) is 0 Å². The van der Waals surface area contributed by atoms with Gasteiger partial charge in [-0.25, -0.2) is 0 Å². The minimum Gasteiger partial charge on any atom is -0.396 e. The Labute approximate surface area is 95.5 Å². The number of hydrogen-bond acceptors (Lipinski definition) is 1. The summed E-state index contributed by atoms with van der Waals surface area (Å²) < 4.78 is 0. The molecular weight excluding hydrogens is 247 g/mol. The molecular formula is C8H17Cl3OSi. The predicted molar refractivity (Wildman–Crippen MR) is 62.9 cm³/mol. The Balaban J connectivity index is 3.00. The van der Waals surface area contributed by atoms with E-state index in [2.05, 4.69) is 0 Å². The van der Waals surface area contributed by atoms with Gasteiger partial charge in [-0.05, 0) is 12.5 Å².